The Balaban J connectivity index is 2.79. The zero-order valence-electron chi connectivity index (χ0n) is 7.06. The molecule has 0 aliphatic rings. The van der Waals surface area contributed by atoms with Crippen molar-refractivity contribution >= 4 is 31.5 Å². The molecule has 0 spiro atoms. The van der Waals surface area contributed by atoms with Crippen LogP contribution in [0.15, 0.2) is 24.3 Å². The van der Waals surface area contributed by atoms with Crippen molar-refractivity contribution < 1.29 is 0 Å². The number of rotatable bonds is 3. The Morgan fingerprint density at radius 3 is 2.67 bits per heavy atom. The van der Waals surface area contributed by atoms with E-state index < -0.39 is 0 Å². The fourth-order valence-corrected chi connectivity index (χ4v) is 3.14. The van der Waals surface area contributed by atoms with Crippen LogP contribution in [0.5, 0.6) is 0 Å². The minimum atomic E-state index is -0.380. The summed E-state index contributed by atoms with van der Waals surface area (Å²) < 4.78 is 0. The largest absolute Gasteiger partial charge is 0.176 e. The Labute approximate surface area is 85.4 Å². The lowest BCUT2D eigenvalue weighted by atomic mass is 10.0. The molecule has 1 aromatic carbocycles. The molecule has 0 aliphatic carbocycles. The summed E-state index contributed by atoms with van der Waals surface area (Å²) in [7, 11) is -0.380. The van der Waals surface area contributed by atoms with Gasteiger partial charge in [-0.05, 0) is 23.6 Å². The van der Waals surface area contributed by atoms with Crippen LogP contribution in [0.4, 0.5) is 0 Å². The molecule has 12 heavy (non-hydrogen) atoms. The van der Waals surface area contributed by atoms with Crippen LogP contribution in [0.1, 0.15) is 18.4 Å². The topological polar surface area (TPSA) is 0 Å². The molecule has 66 valence electrons. The van der Waals surface area contributed by atoms with Crippen molar-refractivity contribution in [3.63, 3.8) is 0 Å². The van der Waals surface area contributed by atoms with E-state index in [2.05, 4.69) is 13.0 Å². The van der Waals surface area contributed by atoms with Crippen LogP contribution >= 0.6 is 22.7 Å². The highest BCUT2D eigenvalue weighted by atomic mass is 35.6. The van der Waals surface area contributed by atoms with Gasteiger partial charge in [0.15, 0.2) is 0 Å². The second kappa shape index (κ2) is 4.90. The molecular formula is C9H12Cl2Si. The molecule has 1 unspecified atom stereocenters. The van der Waals surface area contributed by atoms with Crippen molar-refractivity contribution in [2.45, 2.75) is 18.9 Å². The first-order valence-corrected chi connectivity index (χ1v) is 7.57. The van der Waals surface area contributed by atoms with Gasteiger partial charge < -0.3 is 0 Å². The first-order chi connectivity index (χ1) is 5.75. The number of halogens is 2. The standard InChI is InChI=1S/C9H12Cl2Si/c1-7(6-12-11)8-4-2-3-5-9(8)10/h2-5,7H,6,12H2,1H3. The van der Waals surface area contributed by atoms with Crippen molar-refractivity contribution in [2.24, 2.45) is 0 Å². The SMILES string of the molecule is CC(C[SiH2]Cl)c1ccccc1Cl. The molecule has 0 heterocycles. The zero-order chi connectivity index (χ0) is 8.97. The van der Waals surface area contributed by atoms with E-state index in [9.17, 15) is 0 Å². The number of hydrogen-bond acceptors (Lipinski definition) is 0. The van der Waals surface area contributed by atoms with E-state index in [1.807, 2.05) is 18.2 Å². The molecule has 0 amide bonds. The molecule has 0 saturated carbocycles. The number of benzene rings is 1. The van der Waals surface area contributed by atoms with Crippen molar-refractivity contribution in [3.05, 3.63) is 34.9 Å². The lowest BCUT2D eigenvalue weighted by Gasteiger charge is -2.10. The van der Waals surface area contributed by atoms with Gasteiger partial charge in [0.1, 0.15) is 8.83 Å². The quantitative estimate of drug-likeness (QED) is 0.541. The Morgan fingerprint density at radius 2 is 2.08 bits per heavy atom. The Hall–Kier alpha value is 0.0169. The lowest BCUT2D eigenvalue weighted by Crippen LogP contribution is -1.95. The molecule has 1 rings (SSSR count). The molecule has 0 aromatic heterocycles. The normalized spacial score (nSPS) is 13.9. The summed E-state index contributed by atoms with van der Waals surface area (Å²) in [5.41, 5.74) is 1.23. The molecule has 0 fully saturated rings. The summed E-state index contributed by atoms with van der Waals surface area (Å²) in [5.74, 6) is 0.517. The van der Waals surface area contributed by atoms with Crippen LogP contribution in [0.2, 0.25) is 11.1 Å². The highest BCUT2D eigenvalue weighted by Gasteiger charge is 2.07. The van der Waals surface area contributed by atoms with Crippen LogP contribution in [0, 0.1) is 0 Å². The average Bonchev–Trinajstić information content (AvgIpc) is 2.05. The predicted molar refractivity (Wildman–Crippen MR) is 59.1 cm³/mol. The maximum Gasteiger partial charge on any atom is 0.125 e. The molecule has 0 N–H and O–H groups in total. The lowest BCUT2D eigenvalue weighted by molar-refractivity contribution is 0.863. The van der Waals surface area contributed by atoms with Crippen LogP contribution < -0.4 is 0 Å². The van der Waals surface area contributed by atoms with Crippen LogP contribution in [-0.4, -0.2) is 8.83 Å². The molecule has 0 radical (unpaired) electrons. The van der Waals surface area contributed by atoms with Gasteiger partial charge in [0.2, 0.25) is 0 Å². The van der Waals surface area contributed by atoms with Gasteiger partial charge in [0.05, 0.1) is 0 Å². The minimum absolute atomic E-state index is 0.380. The molecule has 1 atom stereocenters. The van der Waals surface area contributed by atoms with Crippen LogP contribution in [0.3, 0.4) is 0 Å². The van der Waals surface area contributed by atoms with Gasteiger partial charge in [0, 0.05) is 5.02 Å². The summed E-state index contributed by atoms with van der Waals surface area (Å²) in [4.78, 5) is 0. The molecule has 1 aromatic rings. The smallest absolute Gasteiger partial charge is 0.125 e. The van der Waals surface area contributed by atoms with E-state index in [0.717, 1.165) is 11.1 Å². The molecule has 0 bridgehead atoms. The first kappa shape index (κ1) is 10.1. The van der Waals surface area contributed by atoms with Gasteiger partial charge in [-0.1, -0.05) is 36.7 Å². The van der Waals surface area contributed by atoms with E-state index in [0.29, 0.717) is 5.92 Å². The second-order valence-electron chi connectivity index (χ2n) is 2.90. The molecule has 0 aliphatic heterocycles. The summed E-state index contributed by atoms with van der Waals surface area (Å²) in [6.45, 7) is 2.18. The van der Waals surface area contributed by atoms with E-state index in [-0.39, 0.29) is 8.83 Å². The van der Waals surface area contributed by atoms with E-state index in [1.165, 1.54) is 5.56 Å². The van der Waals surface area contributed by atoms with E-state index in [1.54, 1.807) is 0 Å². The predicted octanol–water partition coefficient (Wildman–Crippen LogP) is 3.18. The maximum atomic E-state index is 6.03. The average molecular weight is 219 g/mol. The van der Waals surface area contributed by atoms with Crippen molar-refractivity contribution in [2.75, 3.05) is 0 Å². The minimum Gasteiger partial charge on any atom is -0.176 e. The van der Waals surface area contributed by atoms with Crippen molar-refractivity contribution in [3.8, 4) is 0 Å². The Bertz CT molecular complexity index is 250. The van der Waals surface area contributed by atoms with Gasteiger partial charge in [-0.25, -0.2) is 0 Å². The summed E-state index contributed by atoms with van der Waals surface area (Å²) in [5, 5.41) is 0.865. The van der Waals surface area contributed by atoms with Gasteiger partial charge in [0.25, 0.3) is 0 Å². The Morgan fingerprint density at radius 1 is 1.42 bits per heavy atom. The maximum absolute atomic E-state index is 6.03. The summed E-state index contributed by atoms with van der Waals surface area (Å²) in [6.07, 6.45) is 0. The Kier molecular flexibility index (Phi) is 4.13. The fraction of sp³-hybridized carbons (Fsp3) is 0.333. The van der Waals surface area contributed by atoms with E-state index in [4.69, 9.17) is 22.7 Å². The monoisotopic (exact) mass is 218 g/mol. The molecule has 0 nitrogen and oxygen atoms in total. The van der Waals surface area contributed by atoms with Crippen molar-refractivity contribution in [1.82, 2.24) is 0 Å². The van der Waals surface area contributed by atoms with Crippen LogP contribution in [-0.2, 0) is 0 Å². The summed E-state index contributed by atoms with van der Waals surface area (Å²) >= 11 is 11.8. The first-order valence-electron chi connectivity index (χ1n) is 4.06. The fourth-order valence-electron chi connectivity index (χ4n) is 1.19. The van der Waals surface area contributed by atoms with Crippen LogP contribution in [0.25, 0.3) is 0 Å². The third-order valence-electron chi connectivity index (χ3n) is 1.98. The zero-order valence-corrected chi connectivity index (χ0v) is 9.98. The second-order valence-corrected chi connectivity index (χ2v) is 5.40. The molecular weight excluding hydrogens is 207 g/mol. The van der Waals surface area contributed by atoms with Gasteiger partial charge in [-0.3, -0.25) is 0 Å². The van der Waals surface area contributed by atoms with Crippen molar-refractivity contribution in [1.29, 1.82) is 0 Å². The highest BCUT2D eigenvalue weighted by Crippen LogP contribution is 2.26. The molecule has 0 saturated heterocycles. The van der Waals surface area contributed by atoms with Gasteiger partial charge in [-0.2, -0.15) is 11.1 Å². The van der Waals surface area contributed by atoms with Gasteiger partial charge >= 0.3 is 0 Å². The number of hydrogen-bond donors (Lipinski definition) is 0. The third-order valence-corrected chi connectivity index (χ3v) is 4.06. The van der Waals surface area contributed by atoms with E-state index >= 15 is 0 Å². The molecule has 3 heteroatoms. The summed E-state index contributed by atoms with van der Waals surface area (Å²) in [6, 6.07) is 9.10. The van der Waals surface area contributed by atoms with Gasteiger partial charge in [-0.15, -0.1) is 0 Å². The third kappa shape index (κ3) is 2.51. The highest BCUT2D eigenvalue weighted by molar-refractivity contribution is 6.93.